The molecular weight excluding hydrogens is 422 g/mol. The number of amides is 1. The van der Waals surface area contributed by atoms with Crippen LogP contribution < -0.4 is 9.64 Å². The van der Waals surface area contributed by atoms with Crippen molar-refractivity contribution in [3.8, 4) is 5.75 Å². The fourth-order valence-electron chi connectivity index (χ4n) is 5.27. The summed E-state index contributed by atoms with van der Waals surface area (Å²) in [4.78, 5) is 25.6. The number of hydrogen-bond donors (Lipinski definition) is 2. The van der Waals surface area contributed by atoms with E-state index in [-0.39, 0.29) is 36.2 Å². The number of benzene rings is 2. The first-order valence-electron chi connectivity index (χ1n) is 11.3. The fraction of sp³-hybridized carbons (Fsp3) is 0.480. The third-order valence-electron chi connectivity index (χ3n) is 6.91. The van der Waals surface area contributed by atoms with Crippen LogP contribution in [0, 0.1) is 5.92 Å². The van der Waals surface area contributed by atoms with Gasteiger partial charge in [0.05, 0.1) is 11.8 Å². The maximum atomic E-state index is 12.9. The first-order chi connectivity index (χ1) is 15.3. The number of aliphatic hydroxyl groups excluding tert-OH is 1. The monoisotopic (exact) mass is 455 g/mol. The zero-order chi connectivity index (χ0) is 23.0. The van der Waals surface area contributed by atoms with E-state index < -0.39 is 8.32 Å². The summed E-state index contributed by atoms with van der Waals surface area (Å²) < 4.78 is 12.4. The summed E-state index contributed by atoms with van der Waals surface area (Å²) in [6, 6.07) is 13.8. The fourth-order valence-corrected chi connectivity index (χ4v) is 7.29. The SMILES string of the molecule is CO[C@@H]1c2cc(N3C(=O)CCc4ccccc43)ccc2O[C@H](C(CCO)[Si](C)(C)O)[C@H]1C. The van der Waals surface area contributed by atoms with Gasteiger partial charge in [0.1, 0.15) is 11.9 Å². The molecule has 4 atom stereocenters. The molecule has 0 fully saturated rings. The van der Waals surface area contributed by atoms with Crippen LogP contribution in [-0.2, 0) is 16.0 Å². The largest absolute Gasteiger partial charge is 0.490 e. The number of para-hydroxylation sites is 1. The van der Waals surface area contributed by atoms with E-state index in [0.717, 1.165) is 23.4 Å². The second-order valence-electron chi connectivity index (χ2n) is 9.45. The van der Waals surface area contributed by atoms with Crippen LogP contribution in [0.15, 0.2) is 42.5 Å². The number of anilines is 2. The van der Waals surface area contributed by atoms with Crippen molar-refractivity contribution in [3.63, 3.8) is 0 Å². The second kappa shape index (κ2) is 8.98. The highest BCUT2D eigenvalue weighted by atomic mass is 28.4. The average Bonchev–Trinajstić information content (AvgIpc) is 2.76. The Balaban J connectivity index is 1.73. The molecule has 0 bridgehead atoms. The molecule has 7 heteroatoms. The molecule has 1 unspecified atom stereocenters. The number of ether oxygens (including phenoxy) is 2. The van der Waals surface area contributed by atoms with E-state index in [9.17, 15) is 14.7 Å². The number of carbonyl (C=O) groups is 1. The highest BCUT2D eigenvalue weighted by Gasteiger charge is 2.46. The Hall–Kier alpha value is -2.19. The number of methoxy groups -OCH3 is 1. The predicted molar refractivity (Wildman–Crippen MR) is 127 cm³/mol. The van der Waals surface area contributed by atoms with Gasteiger partial charge >= 0.3 is 0 Å². The quantitative estimate of drug-likeness (QED) is 0.634. The summed E-state index contributed by atoms with van der Waals surface area (Å²) in [5.41, 5.74) is 3.69. The van der Waals surface area contributed by atoms with Crippen LogP contribution in [0.5, 0.6) is 5.75 Å². The molecule has 2 aliphatic heterocycles. The zero-order valence-corrected chi connectivity index (χ0v) is 20.2. The molecule has 0 aliphatic carbocycles. The molecule has 6 nitrogen and oxygen atoms in total. The molecule has 2 aromatic rings. The van der Waals surface area contributed by atoms with E-state index in [2.05, 4.69) is 13.0 Å². The van der Waals surface area contributed by atoms with Gasteiger partial charge in [-0.2, -0.15) is 0 Å². The molecule has 0 radical (unpaired) electrons. The lowest BCUT2D eigenvalue weighted by Gasteiger charge is -2.44. The molecule has 32 heavy (non-hydrogen) atoms. The van der Waals surface area contributed by atoms with Crippen molar-refractivity contribution in [2.24, 2.45) is 5.92 Å². The van der Waals surface area contributed by atoms with Gasteiger partial charge < -0.3 is 19.4 Å². The van der Waals surface area contributed by atoms with E-state index in [1.54, 1.807) is 12.0 Å². The Kier molecular flexibility index (Phi) is 6.45. The lowest BCUT2D eigenvalue weighted by Crippen LogP contribution is -2.48. The van der Waals surface area contributed by atoms with Crippen molar-refractivity contribution >= 4 is 25.6 Å². The van der Waals surface area contributed by atoms with Crippen molar-refractivity contribution < 1.29 is 24.2 Å². The predicted octanol–water partition coefficient (Wildman–Crippen LogP) is 4.33. The Morgan fingerprint density at radius 1 is 1.22 bits per heavy atom. The van der Waals surface area contributed by atoms with Gasteiger partial charge in [0.15, 0.2) is 8.32 Å². The van der Waals surface area contributed by atoms with Crippen LogP contribution in [0.1, 0.15) is 37.0 Å². The summed E-state index contributed by atoms with van der Waals surface area (Å²) in [5, 5.41) is 9.61. The summed E-state index contributed by atoms with van der Waals surface area (Å²) in [7, 11) is -0.896. The lowest BCUT2D eigenvalue weighted by atomic mass is 9.86. The number of fused-ring (bicyclic) bond motifs is 2. The third-order valence-corrected chi connectivity index (χ3v) is 9.34. The number of aliphatic hydroxyl groups is 1. The molecule has 0 saturated carbocycles. The molecule has 0 aromatic heterocycles. The van der Waals surface area contributed by atoms with Crippen LogP contribution in [0.3, 0.4) is 0 Å². The molecule has 172 valence electrons. The standard InChI is InChI=1S/C25H33NO5Si/c1-16-24(30-2)19-15-18(26-20-8-6-5-7-17(20)9-12-23(26)28)10-11-21(19)31-25(16)22(13-14-27)32(3,4)29/h5-8,10-11,15-16,22,24-25,27,29H,9,12-14H2,1-4H3/t16-,22?,24-,25-/m0/s1. The van der Waals surface area contributed by atoms with Crippen LogP contribution in [0.4, 0.5) is 11.4 Å². The van der Waals surface area contributed by atoms with Gasteiger partial charge in [-0.1, -0.05) is 25.1 Å². The smallest absolute Gasteiger partial charge is 0.231 e. The van der Waals surface area contributed by atoms with E-state index in [1.165, 1.54) is 5.56 Å². The first kappa shape index (κ1) is 23.0. The third kappa shape index (κ3) is 4.10. The van der Waals surface area contributed by atoms with E-state index in [0.29, 0.717) is 18.6 Å². The number of rotatable bonds is 6. The van der Waals surface area contributed by atoms with E-state index in [1.807, 2.05) is 49.5 Å². The molecule has 4 rings (SSSR count). The maximum absolute atomic E-state index is 12.9. The van der Waals surface area contributed by atoms with Crippen molar-refractivity contribution in [3.05, 3.63) is 53.6 Å². The first-order valence-corrected chi connectivity index (χ1v) is 14.4. The van der Waals surface area contributed by atoms with E-state index in [4.69, 9.17) is 9.47 Å². The number of aryl methyl sites for hydroxylation is 1. The van der Waals surface area contributed by atoms with Gasteiger partial charge in [0.2, 0.25) is 5.91 Å². The Labute approximate surface area is 190 Å². The summed E-state index contributed by atoms with van der Waals surface area (Å²) >= 11 is 0. The van der Waals surface area contributed by atoms with Crippen LogP contribution >= 0.6 is 0 Å². The topological polar surface area (TPSA) is 79.2 Å². The Bertz CT molecular complexity index is 989. The van der Waals surface area contributed by atoms with Gasteiger partial charge in [-0.3, -0.25) is 9.69 Å². The van der Waals surface area contributed by atoms with Gasteiger partial charge in [-0.25, -0.2) is 0 Å². The minimum Gasteiger partial charge on any atom is -0.490 e. The van der Waals surface area contributed by atoms with Crippen molar-refractivity contribution in [1.82, 2.24) is 0 Å². The van der Waals surface area contributed by atoms with Gasteiger partial charge in [0.25, 0.3) is 0 Å². The maximum Gasteiger partial charge on any atom is 0.231 e. The minimum atomic E-state index is -2.58. The van der Waals surface area contributed by atoms with Gasteiger partial charge in [-0.15, -0.1) is 0 Å². The molecule has 1 amide bonds. The number of carbonyl (C=O) groups excluding carboxylic acids is 1. The molecule has 2 N–H and O–H groups in total. The van der Waals surface area contributed by atoms with Crippen LogP contribution in [0.2, 0.25) is 18.6 Å². The normalized spacial score (nSPS) is 23.9. The average molecular weight is 456 g/mol. The second-order valence-corrected chi connectivity index (χ2v) is 13.5. The summed E-state index contributed by atoms with van der Waals surface area (Å²) in [5.74, 6) is 0.765. The van der Waals surface area contributed by atoms with Crippen molar-refractivity contribution in [2.45, 2.75) is 57.0 Å². The van der Waals surface area contributed by atoms with Crippen molar-refractivity contribution in [2.75, 3.05) is 18.6 Å². The summed E-state index contributed by atoms with van der Waals surface area (Å²) in [6.45, 7) is 5.86. The van der Waals surface area contributed by atoms with Gasteiger partial charge in [0, 0.05) is 42.8 Å². The minimum absolute atomic E-state index is 0.00810. The summed E-state index contributed by atoms with van der Waals surface area (Å²) in [6.07, 6.45) is 1.24. The van der Waals surface area contributed by atoms with Crippen LogP contribution in [0.25, 0.3) is 0 Å². The number of nitrogens with zero attached hydrogens (tertiary/aromatic N) is 1. The van der Waals surface area contributed by atoms with Crippen LogP contribution in [-0.4, -0.2) is 43.9 Å². The van der Waals surface area contributed by atoms with Crippen molar-refractivity contribution in [1.29, 1.82) is 0 Å². The molecule has 0 spiro atoms. The molecule has 0 saturated heterocycles. The molecule has 2 heterocycles. The highest BCUT2D eigenvalue weighted by Crippen LogP contribution is 2.48. The van der Waals surface area contributed by atoms with Gasteiger partial charge in [-0.05, 0) is 55.8 Å². The number of hydrogen-bond acceptors (Lipinski definition) is 5. The Morgan fingerprint density at radius 2 is 1.97 bits per heavy atom. The molecular formula is C25H33NO5Si. The Morgan fingerprint density at radius 3 is 2.66 bits per heavy atom. The lowest BCUT2D eigenvalue weighted by molar-refractivity contribution is -0.118. The highest BCUT2D eigenvalue weighted by molar-refractivity contribution is 6.71. The molecule has 2 aliphatic rings. The molecule has 2 aromatic carbocycles. The van der Waals surface area contributed by atoms with E-state index >= 15 is 0 Å². The zero-order valence-electron chi connectivity index (χ0n) is 19.2.